The van der Waals surface area contributed by atoms with Crippen molar-refractivity contribution in [2.45, 2.75) is 19.8 Å². The van der Waals surface area contributed by atoms with Crippen molar-refractivity contribution in [3.05, 3.63) is 67.0 Å². The van der Waals surface area contributed by atoms with Gasteiger partial charge in [0.05, 0.1) is 11.4 Å². The van der Waals surface area contributed by atoms with E-state index in [1.807, 2.05) is 43.3 Å². The van der Waals surface area contributed by atoms with Crippen LogP contribution in [0.3, 0.4) is 0 Å². The minimum atomic E-state index is -0.742. The molecule has 0 unspecified atom stereocenters. The number of carboxylic acids is 1. The molecule has 0 aliphatic carbocycles. The zero-order chi connectivity index (χ0) is 25.4. The molecule has 186 valence electrons. The third kappa shape index (κ3) is 4.58. The van der Waals surface area contributed by atoms with Gasteiger partial charge in [-0.1, -0.05) is 0 Å². The van der Waals surface area contributed by atoms with E-state index in [4.69, 9.17) is 4.74 Å². The third-order valence-corrected chi connectivity index (χ3v) is 6.57. The first-order valence-electron chi connectivity index (χ1n) is 12.0. The van der Waals surface area contributed by atoms with Crippen LogP contribution in [0.2, 0.25) is 0 Å². The molecule has 1 atom stereocenters. The zero-order valence-electron chi connectivity index (χ0n) is 20.1. The highest BCUT2D eigenvalue weighted by Gasteiger charge is 2.25. The molecule has 4 heterocycles. The maximum atomic E-state index is 11.5. The second-order valence-electron chi connectivity index (χ2n) is 9.08. The number of benzene rings is 2. The Hall–Kier alpha value is -4.80. The van der Waals surface area contributed by atoms with E-state index < -0.39 is 5.97 Å². The van der Waals surface area contributed by atoms with Gasteiger partial charge < -0.3 is 20.1 Å². The van der Waals surface area contributed by atoms with Crippen molar-refractivity contribution in [3.63, 3.8) is 0 Å². The van der Waals surface area contributed by atoms with E-state index in [9.17, 15) is 9.90 Å². The third-order valence-electron chi connectivity index (χ3n) is 6.57. The predicted octanol–water partition coefficient (Wildman–Crippen LogP) is 4.21. The number of carbonyl (C=O) groups is 1. The number of nitrogens with zero attached hydrogens (tertiary/aromatic N) is 7. The fourth-order valence-electron chi connectivity index (χ4n) is 4.61. The molecule has 6 rings (SSSR count). The lowest BCUT2D eigenvalue weighted by Gasteiger charge is -2.32. The van der Waals surface area contributed by atoms with Crippen LogP contribution in [0.4, 0.5) is 17.2 Å². The lowest BCUT2D eigenvalue weighted by atomic mass is 9.97. The van der Waals surface area contributed by atoms with Gasteiger partial charge in [0, 0.05) is 35.9 Å². The highest BCUT2D eigenvalue weighted by Crippen LogP contribution is 2.32. The molecule has 0 saturated carbocycles. The number of piperidine rings is 1. The number of ether oxygens (including phenoxy) is 1. The molecule has 0 bridgehead atoms. The van der Waals surface area contributed by atoms with Crippen LogP contribution < -0.4 is 15.0 Å². The number of nitrogens with one attached hydrogen (secondary N) is 1. The summed E-state index contributed by atoms with van der Waals surface area (Å²) in [4.78, 5) is 26.8. The average molecular weight is 497 g/mol. The van der Waals surface area contributed by atoms with E-state index in [1.165, 1.54) is 6.33 Å². The van der Waals surface area contributed by atoms with Gasteiger partial charge in [0.25, 0.3) is 0 Å². The SMILES string of the molecule is Cc1cc(Nc2ncnc3ccc(N4CCC[C@@H](C(=O)O)C4)cc23)ccc1Oc1cc2nncn2cn1. The standard InChI is InChI=1S/C26H24N8O3/c1-16-9-18(4-7-22(16)37-24-11-23-32-30-15-34(23)14-29-24)31-25-20-10-19(5-6-21(20)27-13-28-25)33-8-2-3-17(12-33)26(35)36/h4-7,9-11,13-15,17H,2-3,8,12H2,1H3,(H,35,36)(H,27,28,31)/t17-/m1/s1. The van der Waals surface area contributed by atoms with Gasteiger partial charge in [0.1, 0.15) is 30.5 Å². The molecule has 0 spiro atoms. The van der Waals surface area contributed by atoms with Gasteiger partial charge in [0.15, 0.2) is 5.65 Å². The summed E-state index contributed by atoms with van der Waals surface area (Å²) in [5.74, 6) is 0.682. The number of rotatable bonds is 6. The molecule has 1 aliphatic heterocycles. The summed E-state index contributed by atoms with van der Waals surface area (Å²) >= 11 is 0. The summed E-state index contributed by atoms with van der Waals surface area (Å²) in [5, 5.41) is 21.6. The molecule has 11 heteroatoms. The number of hydrogen-bond acceptors (Lipinski definition) is 9. The molecule has 0 amide bonds. The Morgan fingerprint density at radius 3 is 2.89 bits per heavy atom. The van der Waals surface area contributed by atoms with Crippen LogP contribution >= 0.6 is 0 Å². The highest BCUT2D eigenvalue weighted by atomic mass is 16.5. The van der Waals surface area contributed by atoms with Crippen molar-refractivity contribution in [2.75, 3.05) is 23.3 Å². The quantitative estimate of drug-likeness (QED) is 0.352. The van der Waals surface area contributed by atoms with Gasteiger partial charge >= 0.3 is 5.97 Å². The van der Waals surface area contributed by atoms with Crippen LogP contribution in [0, 0.1) is 12.8 Å². The summed E-state index contributed by atoms with van der Waals surface area (Å²) in [6, 6.07) is 13.5. The number of carboxylic acid groups (broad SMARTS) is 1. The first kappa shape index (κ1) is 22.7. The smallest absolute Gasteiger partial charge is 0.308 e. The second kappa shape index (κ2) is 9.34. The van der Waals surface area contributed by atoms with Crippen LogP contribution in [0.25, 0.3) is 16.6 Å². The van der Waals surface area contributed by atoms with Gasteiger partial charge in [-0.25, -0.2) is 15.0 Å². The topological polar surface area (TPSA) is 131 Å². The molecule has 1 saturated heterocycles. The van der Waals surface area contributed by atoms with Gasteiger partial charge in [-0.05, 0) is 61.7 Å². The summed E-state index contributed by atoms with van der Waals surface area (Å²) in [5.41, 5.74) is 4.19. The molecular formula is C26H24N8O3. The van der Waals surface area contributed by atoms with E-state index in [0.29, 0.717) is 36.1 Å². The normalized spacial score (nSPS) is 15.7. The first-order chi connectivity index (χ1) is 18.0. The molecule has 0 radical (unpaired) electrons. The second-order valence-corrected chi connectivity index (χ2v) is 9.08. The Morgan fingerprint density at radius 1 is 1.11 bits per heavy atom. The van der Waals surface area contributed by atoms with E-state index >= 15 is 0 Å². The Kier molecular flexibility index (Phi) is 5.72. The monoisotopic (exact) mass is 496 g/mol. The molecule has 2 aromatic carbocycles. The predicted molar refractivity (Wildman–Crippen MR) is 137 cm³/mol. The number of aliphatic carboxylic acids is 1. The summed E-state index contributed by atoms with van der Waals surface area (Å²) in [7, 11) is 0. The number of aryl methyl sites for hydroxylation is 1. The zero-order valence-corrected chi connectivity index (χ0v) is 20.1. The van der Waals surface area contributed by atoms with Gasteiger partial charge in [0.2, 0.25) is 5.88 Å². The van der Waals surface area contributed by atoms with Gasteiger partial charge in [-0.15, -0.1) is 10.2 Å². The minimum Gasteiger partial charge on any atom is -0.481 e. The Labute approximate surface area is 211 Å². The van der Waals surface area contributed by atoms with Crippen molar-refractivity contribution in [2.24, 2.45) is 5.92 Å². The average Bonchev–Trinajstić information content (AvgIpc) is 3.38. The highest BCUT2D eigenvalue weighted by molar-refractivity contribution is 5.93. The number of fused-ring (bicyclic) bond motifs is 2. The van der Waals surface area contributed by atoms with Crippen LogP contribution in [-0.4, -0.2) is 53.7 Å². The van der Waals surface area contributed by atoms with Crippen molar-refractivity contribution >= 4 is 39.7 Å². The minimum absolute atomic E-state index is 0.355. The lowest BCUT2D eigenvalue weighted by molar-refractivity contribution is -0.141. The molecule has 37 heavy (non-hydrogen) atoms. The molecule has 3 aromatic heterocycles. The Balaban J connectivity index is 1.24. The van der Waals surface area contributed by atoms with Crippen LogP contribution in [-0.2, 0) is 4.79 Å². The van der Waals surface area contributed by atoms with Crippen LogP contribution in [0.1, 0.15) is 18.4 Å². The van der Waals surface area contributed by atoms with Crippen LogP contribution in [0.5, 0.6) is 11.6 Å². The van der Waals surface area contributed by atoms with E-state index in [0.717, 1.165) is 40.8 Å². The summed E-state index contributed by atoms with van der Waals surface area (Å²) in [6.45, 7) is 3.28. The fraction of sp³-hybridized carbons (Fsp3) is 0.231. The number of aromatic nitrogens is 6. The molecular weight excluding hydrogens is 472 g/mol. The summed E-state index contributed by atoms with van der Waals surface area (Å²) < 4.78 is 7.69. The van der Waals surface area contributed by atoms with Gasteiger partial charge in [-0.2, -0.15) is 0 Å². The van der Waals surface area contributed by atoms with Crippen LogP contribution in [0.15, 0.2) is 61.4 Å². The van der Waals surface area contributed by atoms with E-state index in [-0.39, 0.29) is 5.92 Å². The van der Waals surface area contributed by atoms with Crippen molar-refractivity contribution < 1.29 is 14.6 Å². The number of hydrogen-bond donors (Lipinski definition) is 2. The van der Waals surface area contributed by atoms with E-state index in [1.54, 1.807) is 23.1 Å². The lowest BCUT2D eigenvalue weighted by Crippen LogP contribution is -2.38. The molecule has 2 N–H and O–H groups in total. The summed E-state index contributed by atoms with van der Waals surface area (Å²) in [6.07, 6.45) is 6.27. The van der Waals surface area contributed by atoms with Gasteiger partial charge in [-0.3, -0.25) is 9.20 Å². The Bertz CT molecular complexity index is 1620. The molecule has 5 aromatic rings. The molecule has 11 nitrogen and oxygen atoms in total. The maximum absolute atomic E-state index is 11.5. The maximum Gasteiger partial charge on any atom is 0.308 e. The van der Waals surface area contributed by atoms with E-state index in [2.05, 4.69) is 35.4 Å². The molecule has 1 aliphatic rings. The van der Waals surface area contributed by atoms with Crippen molar-refractivity contribution in [1.82, 2.24) is 29.5 Å². The Morgan fingerprint density at radius 2 is 2.03 bits per heavy atom. The molecule has 1 fully saturated rings. The van der Waals surface area contributed by atoms with Crippen molar-refractivity contribution in [3.8, 4) is 11.6 Å². The fourth-order valence-corrected chi connectivity index (χ4v) is 4.61. The largest absolute Gasteiger partial charge is 0.481 e. The first-order valence-corrected chi connectivity index (χ1v) is 12.0. The number of anilines is 3. The van der Waals surface area contributed by atoms with Crippen molar-refractivity contribution in [1.29, 1.82) is 0 Å².